The third-order valence-corrected chi connectivity index (χ3v) is 1.45. The summed E-state index contributed by atoms with van der Waals surface area (Å²) in [5.74, 6) is -0.598. The first kappa shape index (κ1) is 4.26. The molecule has 2 nitrogen and oxygen atoms in total. The SMILES string of the molecule is [2H]c1c([2H])c(Br)c([2H])c(C(=O)NC)c1[2H]. The predicted octanol–water partition coefficient (Wildman–Crippen LogP) is 1.81. The average molecular weight is 218 g/mol. The fourth-order valence-corrected chi connectivity index (χ4v) is 0.857. The Morgan fingerprint density at radius 3 is 3.09 bits per heavy atom. The third kappa shape index (κ3) is 2.05. The minimum Gasteiger partial charge on any atom is -0.355 e. The van der Waals surface area contributed by atoms with E-state index in [0.29, 0.717) is 0 Å². The van der Waals surface area contributed by atoms with Crippen LogP contribution in [0.25, 0.3) is 0 Å². The Morgan fingerprint density at radius 2 is 2.45 bits per heavy atom. The van der Waals surface area contributed by atoms with E-state index < -0.39 is 11.9 Å². The van der Waals surface area contributed by atoms with E-state index in [1.54, 1.807) is 0 Å². The zero-order valence-corrected chi connectivity index (χ0v) is 7.37. The molecule has 0 fully saturated rings. The fourth-order valence-electron chi connectivity index (χ4n) is 0.559. The molecule has 0 aliphatic carbocycles. The van der Waals surface area contributed by atoms with Crippen molar-refractivity contribution < 1.29 is 10.3 Å². The molecule has 0 unspecified atom stereocenters. The van der Waals surface area contributed by atoms with Crippen LogP contribution in [0.4, 0.5) is 0 Å². The van der Waals surface area contributed by atoms with E-state index in [2.05, 4.69) is 21.2 Å². The number of rotatable bonds is 1. The Labute approximate surface area is 79.4 Å². The van der Waals surface area contributed by atoms with Gasteiger partial charge in [0.15, 0.2) is 0 Å². The van der Waals surface area contributed by atoms with Gasteiger partial charge in [-0.05, 0) is 18.1 Å². The summed E-state index contributed by atoms with van der Waals surface area (Å²) in [6, 6.07) is -1.25. The first-order chi connectivity index (χ1) is 6.91. The van der Waals surface area contributed by atoms with E-state index in [1.807, 2.05) is 0 Å². The van der Waals surface area contributed by atoms with E-state index in [4.69, 9.17) is 5.48 Å². The van der Waals surface area contributed by atoms with E-state index in [1.165, 1.54) is 7.05 Å². The molecule has 1 N–H and O–H groups in total. The van der Waals surface area contributed by atoms with E-state index in [9.17, 15) is 4.79 Å². The van der Waals surface area contributed by atoms with Crippen molar-refractivity contribution in [1.29, 1.82) is 0 Å². The van der Waals surface area contributed by atoms with Gasteiger partial charge in [0.25, 0.3) is 5.91 Å². The summed E-state index contributed by atoms with van der Waals surface area (Å²) in [5, 5.41) is 2.29. The van der Waals surface area contributed by atoms with Gasteiger partial charge in [-0.2, -0.15) is 0 Å². The fraction of sp³-hybridized carbons (Fsp3) is 0.125. The predicted molar refractivity (Wildman–Crippen MR) is 47.5 cm³/mol. The van der Waals surface area contributed by atoms with Crippen LogP contribution in [0.5, 0.6) is 0 Å². The maximum absolute atomic E-state index is 11.4. The number of carbonyl (C=O) groups is 1. The second kappa shape index (κ2) is 3.53. The number of amides is 1. The lowest BCUT2D eigenvalue weighted by Crippen LogP contribution is -2.17. The lowest BCUT2D eigenvalue weighted by atomic mass is 10.2. The monoisotopic (exact) mass is 217 g/mol. The summed E-state index contributed by atoms with van der Waals surface area (Å²) in [4.78, 5) is 11.4. The zero-order chi connectivity index (χ0) is 11.7. The Balaban J connectivity index is 3.60. The lowest BCUT2D eigenvalue weighted by Gasteiger charge is -1.98. The Bertz CT molecular complexity index is 406. The van der Waals surface area contributed by atoms with Crippen molar-refractivity contribution in [3.05, 3.63) is 34.2 Å². The standard InChI is InChI=1S/C8H8BrNO/c1-10-8(11)6-3-2-4-7(9)5-6/h2-5H,1H3,(H,10,11)/i2D,3D,4D,5D. The maximum atomic E-state index is 11.4. The van der Waals surface area contributed by atoms with Crippen LogP contribution in [0.2, 0.25) is 0 Å². The van der Waals surface area contributed by atoms with Crippen LogP contribution in [0.1, 0.15) is 15.8 Å². The smallest absolute Gasteiger partial charge is 0.251 e. The molecular formula is C8H8BrNO. The average Bonchev–Trinajstić information content (AvgIpc) is 2.23. The molecule has 1 aromatic carbocycles. The first-order valence-electron chi connectivity index (χ1n) is 4.89. The van der Waals surface area contributed by atoms with Gasteiger partial charge in [0, 0.05) is 17.1 Å². The molecule has 1 rings (SSSR count). The molecule has 0 aromatic heterocycles. The van der Waals surface area contributed by atoms with Crippen molar-refractivity contribution in [2.24, 2.45) is 0 Å². The van der Waals surface area contributed by atoms with E-state index in [-0.39, 0.29) is 28.2 Å². The summed E-state index contributed by atoms with van der Waals surface area (Å²) in [5.41, 5.74) is -0.189. The number of benzene rings is 1. The van der Waals surface area contributed by atoms with Crippen LogP contribution >= 0.6 is 15.9 Å². The van der Waals surface area contributed by atoms with E-state index in [0.717, 1.165) is 0 Å². The van der Waals surface area contributed by atoms with Crippen molar-refractivity contribution in [2.75, 3.05) is 7.05 Å². The topological polar surface area (TPSA) is 29.1 Å². The molecule has 1 aromatic rings. The van der Waals surface area contributed by atoms with Gasteiger partial charge in [0.05, 0.1) is 5.48 Å². The molecule has 0 aliphatic rings. The number of hydrogen-bond donors (Lipinski definition) is 1. The molecule has 0 atom stereocenters. The molecule has 0 radical (unpaired) electrons. The molecule has 3 heteroatoms. The summed E-state index contributed by atoms with van der Waals surface area (Å²) >= 11 is 2.95. The molecule has 11 heavy (non-hydrogen) atoms. The minimum absolute atomic E-state index is 0.0575. The number of nitrogens with one attached hydrogen (secondary N) is 1. The molecule has 0 aliphatic heterocycles. The zero-order valence-electron chi connectivity index (χ0n) is 9.79. The van der Waals surface area contributed by atoms with Gasteiger partial charge in [-0.3, -0.25) is 4.79 Å². The van der Waals surface area contributed by atoms with Crippen LogP contribution in [0, 0.1) is 0 Å². The van der Waals surface area contributed by atoms with Crippen molar-refractivity contribution in [1.82, 2.24) is 5.32 Å². The minimum atomic E-state index is -0.598. The van der Waals surface area contributed by atoms with Gasteiger partial charge >= 0.3 is 0 Å². The Morgan fingerprint density at radius 1 is 1.73 bits per heavy atom. The van der Waals surface area contributed by atoms with Gasteiger partial charge in [-0.15, -0.1) is 0 Å². The second-order valence-electron chi connectivity index (χ2n) is 1.77. The number of carbonyl (C=O) groups excluding carboxylic acids is 1. The molecule has 58 valence electrons. The molecule has 1 amide bonds. The van der Waals surface area contributed by atoms with Gasteiger partial charge < -0.3 is 5.32 Å². The lowest BCUT2D eigenvalue weighted by molar-refractivity contribution is 0.0963. The highest BCUT2D eigenvalue weighted by molar-refractivity contribution is 9.10. The van der Waals surface area contributed by atoms with Crippen LogP contribution in [0.3, 0.4) is 0 Å². The highest BCUT2D eigenvalue weighted by Crippen LogP contribution is 2.10. The van der Waals surface area contributed by atoms with Crippen LogP contribution in [-0.4, -0.2) is 13.0 Å². The Kier molecular flexibility index (Phi) is 1.37. The largest absolute Gasteiger partial charge is 0.355 e. The molecule has 0 saturated heterocycles. The quantitative estimate of drug-likeness (QED) is 0.765. The molecule has 0 bridgehead atoms. The van der Waals surface area contributed by atoms with Crippen LogP contribution < -0.4 is 5.32 Å². The maximum Gasteiger partial charge on any atom is 0.251 e. The van der Waals surface area contributed by atoms with Gasteiger partial charge in [0.1, 0.15) is 0 Å². The van der Waals surface area contributed by atoms with Gasteiger partial charge in [-0.1, -0.05) is 22.0 Å². The van der Waals surface area contributed by atoms with Gasteiger partial charge in [-0.25, -0.2) is 0 Å². The summed E-state index contributed by atoms with van der Waals surface area (Å²) in [7, 11) is 1.38. The summed E-state index contributed by atoms with van der Waals surface area (Å²) in [6.45, 7) is 0. The second-order valence-corrected chi connectivity index (χ2v) is 2.56. The molecule has 0 heterocycles. The normalized spacial score (nSPS) is 14.4. The molecule has 0 spiro atoms. The van der Waals surface area contributed by atoms with Crippen LogP contribution in [-0.2, 0) is 0 Å². The van der Waals surface area contributed by atoms with Crippen molar-refractivity contribution in [2.45, 2.75) is 0 Å². The highest BCUT2D eigenvalue weighted by atomic mass is 79.9. The number of halogens is 1. The van der Waals surface area contributed by atoms with Crippen molar-refractivity contribution in [3.63, 3.8) is 0 Å². The third-order valence-electron chi connectivity index (χ3n) is 1.05. The van der Waals surface area contributed by atoms with Gasteiger partial charge in [0.2, 0.25) is 0 Å². The van der Waals surface area contributed by atoms with Crippen molar-refractivity contribution >= 4 is 21.8 Å². The van der Waals surface area contributed by atoms with Crippen LogP contribution in [0.15, 0.2) is 28.6 Å². The van der Waals surface area contributed by atoms with Crippen molar-refractivity contribution in [3.8, 4) is 0 Å². The number of hydrogen-bond acceptors (Lipinski definition) is 1. The molecule has 0 saturated carbocycles. The van der Waals surface area contributed by atoms with E-state index >= 15 is 0 Å². The first-order valence-corrected chi connectivity index (χ1v) is 3.69. The summed E-state index contributed by atoms with van der Waals surface area (Å²) in [6.07, 6.45) is 0. The summed E-state index contributed by atoms with van der Waals surface area (Å²) < 4.78 is 30.0. The Hall–Kier alpha value is -0.830. The molecular weight excluding hydrogens is 206 g/mol. The highest BCUT2D eigenvalue weighted by Gasteiger charge is 2.00.